The van der Waals surface area contributed by atoms with Crippen molar-refractivity contribution in [2.75, 3.05) is 0 Å². The minimum absolute atomic E-state index is 0.294. The second kappa shape index (κ2) is 14.0. The number of amides is 5. The van der Waals surface area contributed by atoms with Crippen LogP contribution in [0.2, 0.25) is 0 Å². The Morgan fingerprint density at radius 3 is 2.33 bits per heavy atom. The molecule has 0 unspecified atom stereocenters. The number of primary amides is 1. The van der Waals surface area contributed by atoms with Gasteiger partial charge in [-0.3, -0.25) is 19.7 Å². The number of urea groups is 1. The molecule has 0 aliphatic heterocycles. The maximum atomic E-state index is 13.3. The first-order valence-corrected chi connectivity index (χ1v) is 13.8. The smallest absolute Gasteiger partial charge is 0.319 e. The monoisotopic (exact) mass is 569 g/mol. The Kier molecular flexibility index (Phi) is 10.0. The zero-order chi connectivity index (χ0) is 30.1. The second-order valence-electron chi connectivity index (χ2n) is 9.95. The zero-order valence-corrected chi connectivity index (χ0v) is 23.6. The highest BCUT2D eigenvalue weighted by Crippen LogP contribution is 2.27. The standard InChI is InChI=1S/C31H35N7O4/c1-3-6-26(37-28(39)21-13-11-20(12-14-21)17-33-18-27-34-15-16-35-27)30(41)36-19(2)22-7-4-9-24-23(22)8-5-10-25(24)29(40)38-31(32)42/h4-5,7-16,19,26,33H,3,6,17-18H2,1-2H3,(H,34,35)(H,36,41)(H,37,39)(H3,32,38,40,42)/t19-,26-/m0/s1. The molecule has 0 saturated carbocycles. The van der Waals surface area contributed by atoms with Crippen molar-refractivity contribution in [3.8, 4) is 0 Å². The average molecular weight is 570 g/mol. The fourth-order valence-electron chi connectivity index (χ4n) is 4.77. The summed E-state index contributed by atoms with van der Waals surface area (Å²) in [5.74, 6) is -0.401. The number of carbonyl (C=O) groups is 4. The van der Waals surface area contributed by atoms with Crippen LogP contribution in [0.25, 0.3) is 10.8 Å². The van der Waals surface area contributed by atoms with Gasteiger partial charge in [0.25, 0.3) is 11.8 Å². The van der Waals surface area contributed by atoms with Crippen molar-refractivity contribution in [1.29, 1.82) is 0 Å². The Morgan fingerprint density at radius 1 is 0.905 bits per heavy atom. The molecular weight excluding hydrogens is 534 g/mol. The Bertz CT molecular complexity index is 1550. The van der Waals surface area contributed by atoms with Crippen LogP contribution < -0.4 is 27.0 Å². The van der Waals surface area contributed by atoms with Gasteiger partial charge < -0.3 is 26.7 Å². The van der Waals surface area contributed by atoms with Gasteiger partial charge in [0.15, 0.2) is 0 Å². The Labute approximate surface area is 243 Å². The van der Waals surface area contributed by atoms with Crippen molar-refractivity contribution >= 4 is 34.5 Å². The molecule has 4 rings (SSSR count). The second-order valence-corrected chi connectivity index (χ2v) is 9.95. The number of hydrogen-bond donors (Lipinski definition) is 6. The van der Waals surface area contributed by atoms with Gasteiger partial charge in [-0.15, -0.1) is 0 Å². The zero-order valence-electron chi connectivity index (χ0n) is 23.6. The van der Waals surface area contributed by atoms with E-state index in [1.54, 1.807) is 48.8 Å². The van der Waals surface area contributed by atoms with Crippen LogP contribution in [0.4, 0.5) is 4.79 Å². The summed E-state index contributed by atoms with van der Waals surface area (Å²) < 4.78 is 0. The van der Waals surface area contributed by atoms with E-state index >= 15 is 0 Å². The van der Waals surface area contributed by atoms with E-state index in [9.17, 15) is 19.2 Å². The van der Waals surface area contributed by atoms with Gasteiger partial charge in [-0.2, -0.15) is 0 Å². The van der Waals surface area contributed by atoms with E-state index in [-0.39, 0.29) is 11.8 Å². The maximum Gasteiger partial charge on any atom is 0.319 e. The van der Waals surface area contributed by atoms with Crippen LogP contribution in [0.3, 0.4) is 0 Å². The van der Waals surface area contributed by atoms with Gasteiger partial charge in [-0.25, -0.2) is 9.78 Å². The number of nitrogens with one attached hydrogen (secondary N) is 5. The summed E-state index contributed by atoms with van der Waals surface area (Å²) in [5, 5.41) is 12.6. The highest BCUT2D eigenvalue weighted by molar-refractivity contribution is 6.12. The Morgan fingerprint density at radius 2 is 1.64 bits per heavy atom. The minimum atomic E-state index is -0.938. The van der Waals surface area contributed by atoms with Gasteiger partial charge in [-0.1, -0.05) is 55.8 Å². The topological polar surface area (TPSA) is 171 Å². The summed E-state index contributed by atoms with van der Waals surface area (Å²) in [6, 6.07) is 15.7. The van der Waals surface area contributed by atoms with E-state index in [0.29, 0.717) is 42.4 Å². The molecule has 2 atom stereocenters. The Balaban J connectivity index is 1.40. The molecule has 4 aromatic rings. The van der Waals surface area contributed by atoms with Crippen molar-refractivity contribution in [2.45, 2.75) is 51.9 Å². The molecule has 218 valence electrons. The molecule has 0 radical (unpaired) electrons. The molecule has 3 aromatic carbocycles. The molecule has 0 bridgehead atoms. The summed E-state index contributed by atoms with van der Waals surface area (Å²) >= 11 is 0. The quantitative estimate of drug-likeness (QED) is 0.153. The maximum absolute atomic E-state index is 13.3. The minimum Gasteiger partial charge on any atom is -0.351 e. The van der Waals surface area contributed by atoms with Crippen LogP contribution in [0.5, 0.6) is 0 Å². The lowest BCUT2D eigenvalue weighted by molar-refractivity contribution is -0.123. The highest BCUT2D eigenvalue weighted by Gasteiger charge is 2.23. The van der Waals surface area contributed by atoms with Crippen molar-refractivity contribution in [2.24, 2.45) is 5.73 Å². The molecule has 5 amide bonds. The van der Waals surface area contributed by atoms with Crippen molar-refractivity contribution < 1.29 is 19.2 Å². The van der Waals surface area contributed by atoms with Crippen LogP contribution >= 0.6 is 0 Å². The lowest BCUT2D eigenvalue weighted by Gasteiger charge is -2.22. The molecule has 0 saturated heterocycles. The van der Waals surface area contributed by atoms with E-state index in [1.807, 2.05) is 38.1 Å². The third-order valence-corrected chi connectivity index (χ3v) is 6.85. The number of imidazole rings is 1. The predicted molar refractivity (Wildman–Crippen MR) is 159 cm³/mol. The normalized spacial score (nSPS) is 12.3. The summed E-state index contributed by atoms with van der Waals surface area (Å²) in [4.78, 5) is 57.3. The van der Waals surface area contributed by atoms with Crippen LogP contribution in [0.15, 0.2) is 73.1 Å². The van der Waals surface area contributed by atoms with Crippen LogP contribution in [0, 0.1) is 0 Å². The van der Waals surface area contributed by atoms with Gasteiger partial charge in [0, 0.05) is 30.1 Å². The number of nitrogens with zero attached hydrogens (tertiary/aromatic N) is 1. The summed E-state index contributed by atoms with van der Waals surface area (Å²) in [7, 11) is 0. The van der Waals surface area contributed by atoms with Crippen molar-refractivity contribution in [3.05, 3.63) is 101 Å². The molecule has 0 aliphatic carbocycles. The van der Waals surface area contributed by atoms with Crippen LogP contribution in [-0.2, 0) is 17.9 Å². The van der Waals surface area contributed by atoms with E-state index in [2.05, 4.69) is 31.2 Å². The number of H-pyrrole nitrogens is 1. The fourth-order valence-corrected chi connectivity index (χ4v) is 4.77. The van der Waals surface area contributed by atoms with E-state index in [4.69, 9.17) is 5.73 Å². The van der Waals surface area contributed by atoms with Crippen LogP contribution in [-0.4, -0.2) is 39.8 Å². The van der Waals surface area contributed by atoms with E-state index in [0.717, 1.165) is 22.3 Å². The number of aromatic nitrogens is 2. The number of hydrogen-bond acceptors (Lipinski definition) is 6. The van der Waals surface area contributed by atoms with Gasteiger partial charge >= 0.3 is 6.03 Å². The number of rotatable bonds is 12. The number of nitrogens with two attached hydrogens (primary N) is 1. The highest BCUT2D eigenvalue weighted by atomic mass is 16.2. The summed E-state index contributed by atoms with van der Waals surface area (Å²) in [6.07, 6.45) is 4.63. The van der Waals surface area contributed by atoms with Gasteiger partial charge in [-0.05, 0) is 53.4 Å². The number of benzene rings is 3. The van der Waals surface area contributed by atoms with Crippen molar-refractivity contribution in [1.82, 2.24) is 31.2 Å². The van der Waals surface area contributed by atoms with Crippen LogP contribution in [0.1, 0.15) is 70.4 Å². The molecule has 42 heavy (non-hydrogen) atoms. The summed E-state index contributed by atoms with van der Waals surface area (Å²) in [6.45, 7) is 5.01. The molecule has 11 heteroatoms. The average Bonchev–Trinajstić information content (AvgIpc) is 3.49. The molecule has 0 spiro atoms. The number of imide groups is 1. The molecule has 0 fully saturated rings. The molecular formula is C31H35N7O4. The largest absolute Gasteiger partial charge is 0.351 e. The fraction of sp³-hybridized carbons (Fsp3) is 0.258. The first kappa shape index (κ1) is 29.9. The molecule has 11 nitrogen and oxygen atoms in total. The SMILES string of the molecule is CCC[C@H](NC(=O)c1ccc(CNCc2ncc[nH]2)cc1)C(=O)N[C@@H](C)c1cccc2c(C(=O)NC(N)=O)cccc12. The third kappa shape index (κ3) is 7.58. The lowest BCUT2D eigenvalue weighted by atomic mass is 9.96. The van der Waals surface area contributed by atoms with Gasteiger partial charge in [0.1, 0.15) is 11.9 Å². The number of fused-ring (bicyclic) bond motifs is 1. The predicted octanol–water partition coefficient (Wildman–Crippen LogP) is 3.44. The first-order chi connectivity index (χ1) is 20.3. The van der Waals surface area contributed by atoms with E-state index < -0.39 is 24.0 Å². The third-order valence-electron chi connectivity index (χ3n) is 6.85. The van der Waals surface area contributed by atoms with Gasteiger partial charge in [0.2, 0.25) is 5.91 Å². The van der Waals surface area contributed by atoms with Crippen molar-refractivity contribution in [3.63, 3.8) is 0 Å². The molecule has 7 N–H and O–H groups in total. The first-order valence-electron chi connectivity index (χ1n) is 13.8. The molecule has 0 aliphatic rings. The molecule has 1 heterocycles. The van der Waals surface area contributed by atoms with E-state index in [1.165, 1.54) is 0 Å². The Hall–Kier alpha value is -5.03. The lowest BCUT2D eigenvalue weighted by Crippen LogP contribution is -2.47. The summed E-state index contributed by atoms with van der Waals surface area (Å²) in [5.41, 5.74) is 7.67. The molecule has 1 aromatic heterocycles. The number of aromatic amines is 1. The van der Waals surface area contributed by atoms with Gasteiger partial charge in [0.05, 0.1) is 12.6 Å². The number of carbonyl (C=O) groups excluding carboxylic acids is 4.